The maximum absolute atomic E-state index is 11.8. The number of aldehydes is 1. The van der Waals surface area contributed by atoms with Gasteiger partial charge in [-0.05, 0) is 42.7 Å². The highest BCUT2D eigenvalue weighted by atomic mass is 28.4. The lowest BCUT2D eigenvalue weighted by atomic mass is 9.82. The van der Waals surface area contributed by atoms with Gasteiger partial charge in [-0.3, -0.25) is 4.79 Å². The van der Waals surface area contributed by atoms with E-state index in [9.17, 15) is 9.59 Å². The molecule has 0 bridgehead atoms. The first kappa shape index (κ1) is 31.6. The predicted molar refractivity (Wildman–Crippen MR) is 147 cm³/mol. The van der Waals surface area contributed by atoms with Gasteiger partial charge in [-0.25, -0.2) is 0 Å². The van der Waals surface area contributed by atoms with Gasteiger partial charge < -0.3 is 27.9 Å². The van der Waals surface area contributed by atoms with E-state index < -0.39 is 28.8 Å². The Morgan fingerprint density at radius 2 is 1.56 bits per heavy atom. The van der Waals surface area contributed by atoms with Crippen molar-refractivity contribution < 1.29 is 32.7 Å². The fourth-order valence-corrected chi connectivity index (χ4v) is 6.97. The number of hydrogen-bond acceptors (Lipinski definition) is 7. The van der Waals surface area contributed by atoms with Crippen molar-refractivity contribution in [3.05, 3.63) is 0 Å². The van der Waals surface area contributed by atoms with Crippen LogP contribution in [-0.4, -0.2) is 72.1 Å². The van der Waals surface area contributed by atoms with E-state index in [0.717, 1.165) is 12.7 Å². The van der Waals surface area contributed by atoms with Gasteiger partial charge in [0, 0.05) is 32.3 Å². The minimum absolute atomic E-state index is 0.0627. The van der Waals surface area contributed by atoms with Gasteiger partial charge in [0.2, 0.25) is 0 Å². The van der Waals surface area contributed by atoms with E-state index in [1.165, 1.54) is 6.92 Å². The number of rotatable bonds is 9. The molecule has 36 heavy (non-hydrogen) atoms. The Labute approximate surface area is 221 Å². The molecule has 0 aromatic rings. The van der Waals surface area contributed by atoms with E-state index in [0.29, 0.717) is 13.0 Å². The predicted octanol–water partition coefficient (Wildman–Crippen LogP) is 5.87. The third-order valence-corrected chi connectivity index (χ3v) is 17.9. The molecule has 0 aromatic heterocycles. The first-order chi connectivity index (χ1) is 16.3. The third kappa shape index (κ3) is 7.50. The second-order valence-corrected chi connectivity index (χ2v) is 23.3. The number of esters is 1. The van der Waals surface area contributed by atoms with Gasteiger partial charge in [-0.15, -0.1) is 0 Å². The highest BCUT2D eigenvalue weighted by molar-refractivity contribution is 6.74. The fraction of sp³-hybridized carbons (Fsp3) is 0.926. The molecule has 2 fully saturated rings. The molecule has 2 saturated heterocycles. The summed E-state index contributed by atoms with van der Waals surface area (Å²) in [7, 11) is -3.96. The van der Waals surface area contributed by atoms with Gasteiger partial charge in [-0.2, -0.15) is 0 Å². The number of carbonyl (C=O) groups excluding carboxylic acids is 2. The minimum Gasteiger partial charge on any atom is -0.459 e. The standard InChI is InChI=1S/C27H52O7Si2/c1-18-24(31-19(2)29)21(13-15-28)32-23-17-22(34-36(11,12)27(6,7)8)20(33-25(18)23)14-16-30-35(9,10)26(3,4)5/h15,18,20-25H,13-14,16-17H2,1-12H3/t18-,20-,21+,22?,23+,24-,25+/m1/s1. The van der Waals surface area contributed by atoms with Crippen LogP contribution in [0.1, 0.15) is 74.7 Å². The summed E-state index contributed by atoms with van der Waals surface area (Å²) in [4.78, 5) is 23.2. The monoisotopic (exact) mass is 544 g/mol. The summed E-state index contributed by atoms with van der Waals surface area (Å²) in [6.45, 7) is 26.6. The zero-order valence-electron chi connectivity index (χ0n) is 24.8. The lowest BCUT2D eigenvalue weighted by Crippen LogP contribution is -2.62. The molecule has 7 atom stereocenters. The molecular formula is C27H52O7Si2. The van der Waals surface area contributed by atoms with E-state index in [2.05, 4.69) is 67.7 Å². The molecule has 2 aliphatic rings. The third-order valence-electron chi connectivity index (χ3n) is 8.88. The molecule has 0 radical (unpaired) electrons. The van der Waals surface area contributed by atoms with Crippen molar-refractivity contribution in [3.63, 3.8) is 0 Å². The molecule has 0 spiro atoms. The average Bonchev–Trinajstić information content (AvgIpc) is 2.69. The molecule has 0 aliphatic carbocycles. The lowest BCUT2D eigenvalue weighted by molar-refractivity contribution is -0.266. The Morgan fingerprint density at radius 1 is 0.972 bits per heavy atom. The second kappa shape index (κ2) is 11.7. The van der Waals surface area contributed by atoms with Crippen molar-refractivity contribution in [2.75, 3.05) is 6.61 Å². The fourth-order valence-electron chi connectivity index (χ4n) is 4.55. The van der Waals surface area contributed by atoms with Gasteiger partial charge >= 0.3 is 5.97 Å². The summed E-state index contributed by atoms with van der Waals surface area (Å²) in [6.07, 6.45) is 0.728. The SMILES string of the molecule is CC(=O)O[C@@H]1[C@@H](C)[C@@H]2O[C@H](CCO[Si](C)(C)C(C)(C)C)C(O[Si](C)(C)C(C)(C)C)C[C@@H]2O[C@H]1CC=O. The van der Waals surface area contributed by atoms with Crippen LogP contribution in [0.3, 0.4) is 0 Å². The number of hydrogen-bond donors (Lipinski definition) is 0. The van der Waals surface area contributed by atoms with Crippen molar-refractivity contribution in [3.8, 4) is 0 Å². The second-order valence-electron chi connectivity index (χ2n) is 13.7. The van der Waals surface area contributed by atoms with E-state index in [-0.39, 0.29) is 52.8 Å². The lowest BCUT2D eigenvalue weighted by Gasteiger charge is -2.52. The van der Waals surface area contributed by atoms with Crippen molar-refractivity contribution in [2.24, 2.45) is 5.92 Å². The molecule has 210 valence electrons. The van der Waals surface area contributed by atoms with E-state index in [1.54, 1.807) is 0 Å². The van der Waals surface area contributed by atoms with Crippen LogP contribution in [0.2, 0.25) is 36.3 Å². The van der Waals surface area contributed by atoms with Gasteiger partial charge in [0.1, 0.15) is 18.5 Å². The molecule has 0 N–H and O–H groups in total. The summed E-state index contributed by atoms with van der Waals surface area (Å²) in [6, 6.07) is 0. The molecule has 2 aliphatic heterocycles. The van der Waals surface area contributed by atoms with Crippen LogP contribution in [0, 0.1) is 5.92 Å². The quantitative estimate of drug-likeness (QED) is 0.204. The Balaban J connectivity index is 2.28. The molecule has 7 nitrogen and oxygen atoms in total. The van der Waals surface area contributed by atoms with Crippen molar-refractivity contribution in [2.45, 2.75) is 148 Å². The van der Waals surface area contributed by atoms with Gasteiger partial charge in [0.25, 0.3) is 0 Å². The maximum Gasteiger partial charge on any atom is 0.303 e. The summed E-state index contributed by atoms with van der Waals surface area (Å²) in [5.41, 5.74) is 0. The Bertz CT molecular complexity index is 756. The van der Waals surface area contributed by atoms with E-state index >= 15 is 0 Å². The molecule has 0 aromatic carbocycles. The van der Waals surface area contributed by atoms with E-state index in [4.69, 9.17) is 23.1 Å². The Hall–Kier alpha value is -0.586. The minimum atomic E-state index is -2.07. The number of ether oxygens (including phenoxy) is 3. The topological polar surface area (TPSA) is 80.3 Å². The first-order valence-electron chi connectivity index (χ1n) is 13.5. The molecule has 9 heteroatoms. The normalized spacial score (nSPS) is 32.1. The van der Waals surface area contributed by atoms with Crippen LogP contribution < -0.4 is 0 Å². The molecule has 1 unspecified atom stereocenters. The average molecular weight is 545 g/mol. The molecule has 2 rings (SSSR count). The number of fused-ring (bicyclic) bond motifs is 1. The van der Waals surface area contributed by atoms with Crippen LogP contribution in [-0.2, 0) is 32.7 Å². The van der Waals surface area contributed by atoms with Crippen molar-refractivity contribution in [1.82, 2.24) is 0 Å². The van der Waals surface area contributed by atoms with Crippen molar-refractivity contribution >= 4 is 28.9 Å². The molecule has 0 amide bonds. The zero-order valence-corrected chi connectivity index (χ0v) is 26.8. The van der Waals surface area contributed by atoms with Crippen LogP contribution in [0.5, 0.6) is 0 Å². The van der Waals surface area contributed by atoms with Gasteiger partial charge in [-0.1, -0.05) is 48.5 Å². The summed E-state index contributed by atoms with van der Waals surface area (Å²) in [5.74, 6) is -0.478. The van der Waals surface area contributed by atoms with Gasteiger partial charge in [0.15, 0.2) is 16.6 Å². The van der Waals surface area contributed by atoms with Crippen LogP contribution in [0.4, 0.5) is 0 Å². The molecule has 2 heterocycles. The largest absolute Gasteiger partial charge is 0.459 e. The molecular weight excluding hydrogens is 492 g/mol. The number of carbonyl (C=O) groups is 2. The van der Waals surface area contributed by atoms with Crippen LogP contribution in [0.25, 0.3) is 0 Å². The highest BCUT2D eigenvalue weighted by Crippen LogP contribution is 2.43. The van der Waals surface area contributed by atoms with Gasteiger partial charge in [0.05, 0.1) is 24.4 Å². The molecule has 0 saturated carbocycles. The highest BCUT2D eigenvalue weighted by Gasteiger charge is 2.52. The Morgan fingerprint density at radius 3 is 2.06 bits per heavy atom. The van der Waals surface area contributed by atoms with Crippen LogP contribution in [0.15, 0.2) is 0 Å². The summed E-state index contributed by atoms with van der Waals surface area (Å²) < 4.78 is 32.2. The first-order valence-corrected chi connectivity index (χ1v) is 19.4. The maximum atomic E-state index is 11.8. The van der Waals surface area contributed by atoms with E-state index in [1.807, 2.05) is 6.92 Å². The smallest absolute Gasteiger partial charge is 0.303 e. The Kier molecular flexibility index (Phi) is 10.2. The zero-order chi connectivity index (χ0) is 27.7. The summed E-state index contributed by atoms with van der Waals surface area (Å²) >= 11 is 0. The van der Waals surface area contributed by atoms with Crippen molar-refractivity contribution in [1.29, 1.82) is 0 Å². The summed E-state index contributed by atoms with van der Waals surface area (Å²) in [5, 5.41) is 0.201. The van der Waals surface area contributed by atoms with Crippen LogP contribution >= 0.6 is 0 Å².